The van der Waals surface area contributed by atoms with E-state index in [4.69, 9.17) is 10.5 Å². The summed E-state index contributed by atoms with van der Waals surface area (Å²) >= 11 is 0. The number of ether oxygens (including phenoxy) is 1. The highest BCUT2D eigenvalue weighted by Gasteiger charge is 2.37. The van der Waals surface area contributed by atoms with E-state index in [0.29, 0.717) is 34.0 Å². The van der Waals surface area contributed by atoms with Crippen molar-refractivity contribution in [1.82, 2.24) is 19.4 Å². The van der Waals surface area contributed by atoms with Gasteiger partial charge < -0.3 is 20.0 Å². The molecule has 0 spiro atoms. The van der Waals surface area contributed by atoms with Gasteiger partial charge >= 0.3 is 6.61 Å². The second-order valence-electron chi connectivity index (χ2n) is 8.88. The summed E-state index contributed by atoms with van der Waals surface area (Å²) in [6.45, 7) is 0.547. The van der Waals surface area contributed by atoms with Crippen LogP contribution < -0.4 is 10.5 Å². The van der Waals surface area contributed by atoms with E-state index in [-0.39, 0.29) is 17.7 Å². The van der Waals surface area contributed by atoms with Gasteiger partial charge in [-0.1, -0.05) is 18.2 Å². The SMILES string of the molecule is CC(C)(N)c1ncc(-c2cn3c4c(nc3cc2F)C(O)CC4c2ccccc2OC(F)F)cn1. The third kappa shape index (κ3) is 3.78. The number of halogens is 3. The normalized spacial score (nSPS) is 18.0. The number of aliphatic hydroxyl groups excluding tert-OH is 1. The fourth-order valence-corrected chi connectivity index (χ4v) is 4.40. The first-order valence-corrected chi connectivity index (χ1v) is 10.7. The van der Waals surface area contributed by atoms with Crippen LogP contribution in [0.3, 0.4) is 0 Å². The number of nitrogens with zero attached hydrogens (tertiary/aromatic N) is 4. The molecule has 176 valence electrons. The smallest absolute Gasteiger partial charge is 0.387 e. The number of aromatic nitrogens is 4. The van der Waals surface area contributed by atoms with Gasteiger partial charge in [0.05, 0.1) is 23.0 Å². The van der Waals surface area contributed by atoms with Crippen LogP contribution in [-0.2, 0) is 5.54 Å². The molecule has 0 saturated carbocycles. The molecular weight excluding hydrogens is 447 g/mol. The fourth-order valence-electron chi connectivity index (χ4n) is 4.40. The number of para-hydroxylation sites is 1. The molecule has 0 amide bonds. The fraction of sp³-hybridized carbons (Fsp3) is 0.292. The Bertz CT molecular complexity index is 1370. The maximum absolute atomic E-state index is 15.0. The quantitative estimate of drug-likeness (QED) is 0.452. The maximum atomic E-state index is 15.0. The van der Waals surface area contributed by atoms with Crippen molar-refractivity contribution < 1.29 is 23.0 Å². The topological polar surface area (TPSA) is 98.6 Å². The number of aliphatic hydroxyl groups is 1. The number of rotatable bonds is 5. The molecule has 34 heavy (non-hydrogen) atoms. The third-order valence-corrected chi connectivity index (χ3v) is 5.93. The number of hydrogen-bond acceptors (Lipinski definition) is 6. The Kier molecular flexibility index (Phi) is 5.29. The van der Waals surface area contributed by atoms with E-state index >= 15 is 4.39 Å². The van der Waals surface area contributed by atoms with Crippen molar-refractivity contribution in [2.75, 3.05) is 0 Å². The van der Waals surface area contributed by atoms with Gasteiger partial charge in [0, 0.05) is 47.3 Å². The number of fused-ring (bicyclic) bond motifs is 3. The molecule has 5 rings (SSSR count). The number of pyridine rings is 1. The highest BCUT2D eigenvalue weighted by atomic mass is 19.3. The zero-order valence-corrected chi connectivity index (χ0v) is 18.4. The minimum atomic E-state index is -2.99. The van der Waals surface area contributed by atoms with E-state index in [2.05, 4.69) is 15.0 Å². The first-order valence-electron chi connectivity index (χ1n) is 10.7. The number of nitrogens with two attached hydrogens (primary N) is 1. The summed E-state index contributed by atoms with van der Waals surface area (Å²) in [6.07, 6.45) is 3.86. The lowest BCUT2D eigenvalue weighted by atomic mass is 9.95. The summed E-state index contributed by atoms with van der Waals surface area (Å²) in [7, 11) is 0. The van der Waals surface area contributed by atoms with E-state index in [1.807, 2.05) is 0 Å². The molecule has 4 aromatic rings. The van der Waals surface area contributed by atoms with E-state index in [9.17, 15) is 13.9 Å². The van der Waals surface area contributed by atoms with Crippen LogP contribution in [0.25, 0.3) is 16.8 Å². The van der Waals surface area contributed by atoms with Crippen LogP contribution >= 0.6 is 0 Å². The molecule has 1 aliphatic rings. The van der Waals surface area contributed by atoms with Gasteiger partial charge in [-0.25, -0.2) is 19.3 Å². The molecule has 0 aliphatic heterocycles. The summed E-state index contributed by atoms with van der Waals surface area (Å²) in [5, 5.41) is 10.7. The first-order chi connectivity index (χ1) is 16.1. The van der Waals surface area contributed by atoms with Gasteiger partial charge in [0.25, 0.3) is 0 Å². The van der Waals surface area contributed by atoms with Gasteiger partial charge in [0.2, 0.25) is 0 Å². The average Bonchev–Trinajstić information content (AvgIpc) is 3.29. The number of alkyl halides is 2. The minimum Gasteiger partial charge on any atom is -0.435 e. The van der Waals surface area contributed by atoms with Crippen LogP contribution in [0.2, 0.25) is 0 Å². The molecule has 1 aromatic carbocycles. The van der Waals surface area contributed by atoms with Crippen LogP contribution in [0, 0.1) is 5.82 Å². The molecule has 3 N–H and O–H groups in total. The molecule has 2 unspecified atom stereocenters. The van der Waals surface area contributed by atoms with E-state index in [1.54, 1.807) is 42.6 Å². The van der Waals surface area contributed by atoms with Crippen LogP contribution in [0.15, 0.2) is 48.9 Å². The molecule has 0 bridgehead atoms. The molecule has 7 nitrogen and oxygen atoms in total. The zero-order valence-electron chi connectivity index (χ0n) is 18.4. The summed E-state index contributed by atoms with van der Waals surface area (Å²) in [5.74, 6) is -0.578. The molecule has 1 aliphatic carbocycles. The van der Waals surface area contributed by atoms with Crippen molar-refractivity contribution >= 4 is 5.65 Å². The Balaban J connectivity index is 1.64. The van der Waals surface area contributed by atoms with Crippen molar-refractivity contribution in [3.05, 3.63) is 77.5 Å². The van der Waals surface area contributed by atoms with Crippen LogP contribution in [-0.4, -0.2) is 31.1 Å². The van der Waals surface area contributed by atoms with Crippen LogP contribution in [0.1, 0.15) is 55.1 Å². The van der Waals surface area contributed by atoms with Gasteiger partial charge in [0.15, 0.2) is 0 Å². The number of hydrogen-bond donors (Lipinski definition) is 2. The Hall–Kier alpha value is -3.50. The van der Waals surface area contributed by atoms with E-state index in [0.717, 1.165) is 0 Å². The molecule has 2 atom stereocenters. The van der Waals surface area contributed by atoms with Gasteiger partial charge in [-0.3, -0.25) is 0 Å². The van der Waals surface area contributed by atoms with E-state index in [1.165, 1.54) is 24.5 Å². The highest BCUT2D eigenvalue weighted by Crippen LogP contribution is 2.47. The Morgan fingerprint density at radius 1 is 1.21 bits per heavy atom. The van der Waals surface area contributed by atoms with E-state index < -0.39 is 30.0 Å². The van der Waals surface area contributed by atoms with Gasteiger partial charge in [-0.15, -0.1) is 0 Å². The van der Waals surface area contributed by atoms with Gasteiger partial charge in [-0.05, 0) is 26.3 Å². The number of benzene rings is 1. The first kappa shape index (κ1) is 22.3. The third-order valence-electron chi connectivity index (χ3n) is 5.93. The maximum Gasteiger partial charge on any atom is 0.387 e. The van der Waals surface area contributed by atoms with Crippen molar-refractivity contribution in [3.63, 3.8) is 0 Å². The lowest BCUT2D eigenvalue weighted by molar-refractivity contribution is -0.0506. The van der Waals surface area contributed by atoms with Crippen molar-refractivity contribution in [2.24, 2.45) is 5.73 Å². The van der Waals surface area contributed by atoms with Crippen molar-refractivity contribution in [3.8, 4) is 16.9 Å². The molecule has 3 aromatic heterocycles. The predicted octanol–water partition coefficient (Wildman–Crippen LogP) is 4.29. The Morgan fingerprint density at radius 2 is 1.91 bits per heavy atom. The minimum absolute atomic E-state index is 0.0215. The lowest BCUT2D eigenvalue weighted by Gasteiger charge is -2.18. The lowest BCUT2D eigenvalue weighted by Crippen LogP contribution is -2.31. The highest BCUT2D eigenvalue weighted by molar-refractivity contribution is 5.65. The largest absolute Gasteiger partial charge is 0.435 e. The van der Waals surface area contributed by atoms with Gasteiger partial charge in [0.1, 0.15) is 23.0 Å². The second-order valence-corrected chi connectivity index (χ2v) is 8.88. The van der Waals surface area contributed by atoms with Crippen LogP contribution in [0.4, 0.5) is 13.2 Å². The Labute approximate surface area is 193 Å². The average molecular weight is 469 g/mol. The zero-order chi connectivity index (χ0) is 24.2. The molecule has 0 radical (unpaired) electrons. The summed E-state index contributed by atoms with van der Waals surface area (Å²) in [6, 6.07) is 7.71. The standard InChI is InChI=1S/C24H22F3N5O2/c1-24(2,28)22-29-9-12(10-30-22)15-11-32-19(8-16(15)25)31-20-17(33)7-14(21(20)32)13-5-3-4-6-18(13)34-23(26)27/h3-6,8-11,14,17,23,33H,7,28H2,1-2H3. The predicted molar refractivity (Wildman–Crippen MR) is 118 cm³/mol. The summed E-state index contributed by atoms with van der Waals surface area (Å²) in [5.41, 5.74) is 7.71. The molecular formula is C24H22F3N5O2. The Morgan fingerprint density at radius 3 is 2.59 bits per heavy atom. The molecule has 10 heteroatoms. The molecule has 3 heterocycles. The molecule has 0 fully saturated rings. The van der Waals surface area contributed by atoms with Crippen molar-refractivity contribution in [1.29, 1.82) is 0 Å². The van der Waals surface area contributed by atoms with Gasteiger partial charge in [-0.2, -0.15) is 8.78 Å². The summed E-state index contributed by atoms with van der Waals surface area (Å²) < 4.78 is 47.4. The van der Waals surface area contributed by atoms with Crippen LogP contribution in [0.5, 0.6) is 5.75 Å². The van der Waals surface area contributed by atoms with Crippen molar-refractivity contribution in [2.45, 2.75) is 44.4 Å². The second kappa shape index (κ2) is 8.07. The monoisotopic (exact) mass is 469 g/mol. The molecule has 0 saturated heterocycles. The summed E-state index contributed by atoms with van der Waals surface area (Å²) in [4.78, 5) is 13.0. The number of imidazole rings is 1.